The van der Waals surface area contributed by atoms with Gasteiger partial charge in [-0.2, -0.15) is 0 Å². The molecule has 38 heavy (non-hydrogen) atoms. The van der Waals surface area contributed by atoms with Crippen molar-refractivity contribution in [1.82, 2.24) is 5.32 Å². The van der Waals surface area contributed by atoms with Crippen LogP contribution in [0.3, 0.4) is 0 Å². The minimum absolute atomic E-state index is 0.00888. The van der Waals surface area contributed by atoms with Crippen LogP contribution in [0.5, 0.6) is 11.5 Å². The Morgan fingerprint density at radius 1 is 0.895 bits per heavy atom. The fourth-order valence-corrected chi connectivity index (χ4v) is 5.54. The number of carbonyl (C=O) groups excluding carboxylic acids is 1. The molecule has 1 heterocycles. The molecule has 1 aliphatic heterocycles. The van der Waals surface area contributed by atoms with Crippen molar-refractivity contribution < 1.29 is 14.3 Å². The minimum atomic E-state index is -0.00888. The number of methoxy groups -OCH3 is 2. The average Bonchev–Trinajstić information content (AvgIpc) is 3.61. The SMILES string of the molecule is COc1ccc(C(=O)N(c2cccc(-c3ccc(N(C)C)cc3)c2)C(CC2CC2)C2CCCN2)cc1OC. The number of anilines is 2. The van der Waals surface area contributed by atoms with E-state index in [-0.39, 0.29) is 18.0 Å². The molecule has 2 unspecified atom stereocenters. The molecule has 0 radical (unpaired) electrons. The van der Waals surface area contributed by atoms with Gasteiger partial charge in [0, 0.05) is 37.1 Å². The summed E-state index contributed by atoms with van der Waals surface area (Å²) in [6.45, 7) is 1.00. The van der Waals surface area contributed by atoms with Crippen LogP contribution >= 0.6 is 0 Å². The summed E-state index contributed by atoms with van der Waals surface area (Å²) in [6.07, 6.45) is 5.74. The van der Waals surface area contributed by atoms with Crippen molar-refractivity contribution in [2.75, 3.05) is 44.7 Å². The number of carbonyl (C=O) groups is 1. The number of hydrogen-bond donors (Lipinski definition) is 1. The summed E-state index contributed by atoms with van der Waals surface area (Å²) in [7, 11) is 7.31. The highest BCUT2D eigenvalue weighted by Gasteiger charge is 2.38. The molecule has 3 aromatic carbocycles. The number of amides is 1. The monoisotopic (exact) mass is 513 g/mol. The standard InChI is InChI=1S/C32H39N3O3/c1-34(2)26-15-12-23(13-16-26)24-7-5-8-27(20-24)35(29(19-22-10-11-22)28-9-6-18-33-28)32(36)25-14-17-30(37-3)31(21-25)38-4/h5,7-8,12-17,20-22,28-29,33H,6,9-11,18-19H2,1-4H3. The molecule has 1 N–H and O–H groups in total. The van der Waals surface area contributed by atoms with Crippen LogP contribution in [0.4, 0.5) is 11.4 Å². The maximum atomic E-state index is 14.4. The molecule has 1 aliphatic carbocycles. The van der Waals surface area contributed by atoms with Gasteiger partial charge in [0.15, 0.2) is 11.5 Å². The molecule has 2 fully saturated rings. The third-order valence-corrected chi connectivity index (χ3v) is 7.86. The Hall–Kier alpha value is -3.51. The first-order chi connectivity index (χ1) is 18.5. The van der Waals surface area contributed by atoms with E-state index in [9.17, 15) is 4.79 Å². The normalized spacial score (nSPS) is 17.6. The number of nitrogens with one attached hydrogen (secondary N) is 1. The van der Waals surface area contributed by atoms with Gasteiger partial charge >= 0.3 is 0 Å². The first-order valence-electron chi connectivity index (χ1n) is 13.6. The molecular weight excluding hydrogens is 474 g/mol. The molecule has 2 aliphatic rings. The molecule has 3 aromatic rings. The lowest BCUT2D eigenvalue weighted by Crippen LogP contribution is -2.51. The van der Waals surface area contributed by atoms with Crippen LogP contribution < -0.4 is 24.6 Å². The van der Waals surface area contributed by atoms with Crippen molar-refractivity contribution in [2.45, 2.75) is 44.2 Å². The van der Waals surface area contributed by atoms with Crippen molar-refractivity contribution >= 4 is 17.3 Å². The molecule has 0 aromatic heterocycles. The number of rotatable bonds is 10. The fourth-order valence-electron chi connectivity index (χ4n) is 5.54. The maximum Gasteiger partial charge on any atom is 0.258 e. The van der Waals surface area contributed by atoms with Gasteiger partial charge in [-0.05, 0) is 85.3 Å². The van der Waals surface area contributed by atoms with E-state index in [4.69, 9.17) is 9.47 Å². The van der Waals surface area contributed by atoms with Crippen molar-refractivity contribution in [1.29, 1.82) is 0 Å². The highest BCUT2D eigenvalue weighted by molar-refractivity contribution is 6.07. The van der Waals surface area contributed by atoms with E-state index in [1.54, 1.807) is 20.3 Å². The molecule has 0 bridgehead atoms. The average molecular weight is 514 g/mol. The minimum Gasteiger partial charge on any atom is -0.493 e. The largest absolute Gasteiger partial charge is 0.493 e. The first-order valence-corrected chi connectivity index (χ1v) is 13.6. The fraction of sp³-hybridized carbons (Fsp3) is 0.406. The maximum absolute atomic E-state index is 14.4. The second-order valence-electron chi connectivity index (χ2n) is 10.7. The van der Waals surface area contributed by atoms with Gasteiger partial charge in [0.25, 0.3) is 5.91 Å². The predicted molar refractivity (Wildman–Crippen MR) is 155 cm³/mol. The summed E-state index contributed by atoms with van der Waals surface area (Å²) in [5, 5.41) is 3.71. The summed E-state index contributed by atoms with van der Waals surface area (Å²) < 4.78 is 11.0. The summed E-state index contributed by atoms with van der Waals surface area (Å²) in [5.41, 5.74) is 4.92. The molecule has 1 saturated heterocycles. The molecule has 0 spiro atoms. The van der Waals surface area contributed by atoms with E-state index in [1.165, 1.54) is 12.8 Å². The summed E-state index contributed by atoms with van der Waals surface area (Å²) in [4.78, 5) is 18.5. The highest BCUT2D eigenvalue weighted by atomic mass is 16.5. The van der Waals surface area contributed by atoms with Gasteiger partial charge in [-0.1, -0.05) is 37.1 Å². The summed E-state index contributed by atoms with van der Waals surface area (Å²) in [5.74, 6) is 1.85. The van der Waals surface area contributed by atoms with Gasteiger partial charge in [0.2, 0.25) is 0 Å². The van der Waals surface area contributed by atoms with Crippen LogP contribution in [-0.4, -0.2) is 52.9 Å². The molecule has 1 amide bonds. The molecule has 1 saturated carbocycles. The van der Waals surface area contributed by atoms with Crippen LogP contribution in [0.15, 0.2) is 66.7 Å². The quantitative estimate of drug-likeness (QED) is 0.360. The Morgan fingerprint density at radius 2 is 1.66 bits per heavy atom. The summed E-state index contributed by atoms with van der Waals surface area (Å²) >= 11 is 0. The Morgan fingerprint density at radius 3 is 2.29 bits per heavy atom. The van der Waals surface area contributed by atoms with E-state index >= 15 is 0 Å². The third kappa shape index (κ3) is 5.65. The Labute approximate surface area is 226 Å². The van der Waals surface area contributed by atoms with Crippen molar-refractivity contribution in [3.63, 3.8) is 0 Å². The van der Waals surface area contributed by atoms with E-state index in [1.807, 2.05) is 26.2 Å². The van der Waals surface area contributed by atoms with Crippen LogP contribution in [0.2, 0.25) is 0 Å². The summed E-state index contributed by atoms with van der Waals surface area (Å²) in [6, 6.07) is 22.8. The van der Waals surface area contributed by atoms with Gasteiger partial charge in [-0.25, -0.2) is 0 Å². The Balaban J connectivity index is 1.56. The molecule has 200 valence electrons. The molecule has 6 heteroatoms. The molecule has 2 atom stereocenters. The van der Waals surface area contributed by atoms with Crippen molar-refractivity contribution in [3.8, 4) is 22.6 Å². The van der Waals surface area contributed by atoms with Gasteiger partial charge in [-0.3, -0.25) is 4.79 Å². The van der Waals surface area contributed by atoms with E-state index in [0.717, 1.165) is 48.3 Å². The van der Waals surface area contributed by atoms with Crippen LogP contribution in [-0.2, 0) is 0 Å². The highest BCUT2D eigenvalue weighted by Crippen LogP contribution is 2.39. The molecule has 6 nitrogen and oxygen atoms in total. The Bertz CT molecular complexity index is 1250. The predicted octanol–water partition coefficient (Wildman–Crippen LogP) is 6.00. The first kappa shape index (κ1) is 26.1. The zero-order valence-corrected chi connectivity index (χ0v) is 22.9. The number of hydrogen-bond acceptors (Lipinski definition) is 5. The number of benzene rings is 3. The van der Waals surface area contributed by atoms with Gasteiger partial charge in [0.1, 0.15) is 0 Å². The van der Waals surface area contributed by atoms with E-state index in [0.29, 0.717) is 23.0 Å². The number of ether oxygens (including phenoxy) is 2. The lowest BCUT2D eigenvalue weighted by molar-refractivity contribution is 0.0968. The number of nitrogens with zero attached hydrogens (tertiary/aromatic N) is 2. The van der Waals surface area contributed by atoms with Crippen molar-refractivity contribution in [3.05, 3.63) is 72.3 Å². The lowest BCUT2D eigenvalue weighted by Gasteiger charge is -2.36. The van der Waals surface area contributed by atoms with E-state index in [2.05, 4.69) is 63.6 Å². The van der Waals surface area contributed by atoms with Crippen LogP contribution in [0.1, 0.15) is 42.5 Å². The topological polar surface area (TPSA) is 54.0 Å². The van der Waals surface area contributed by atoms with E-state index < -0.39 is 0 Å². The smallest absolute Gasteiger partial charge is 0.258 e. The van der Waals surface area contributed by atoms with Gasteiger partial charge < -0.3 is 24.6 Å². The lowest BCUT2D eigenvalue weighted by atomic mass is 9.96. The zero-order chi connectivity index (χ0) is 26.6. The third-order valence-electron chi connectivity index (χ3n) is 7.86. The van der Waals surface area contributed by atoms with Crippen LogP contribution in [0.25, 0.3) is 11.1 Å². The molecule has 5 rings (SSSR count). The molecular formula is C32H39N3O3. The van der Waals surface area contributed by atoms with Crippen molar-refractivity contribution in [2.24, 2.45) is 5.92 Å². The Kier molecular flexibility index (Phi) is 7.89. The van der Waals surface area contributed by atoms with Gasteiger partial charge in [-0.15, -0.1) is 0 Å². The zero-order valence-electron chi connectivity index (χ0n) is 22.9. The second-order valence-corrected chi connectivity index (χ2v) is 10.7. The van der Waals surface area contributed by atoms with Gasteiger partial charge in [0.05, 0.1) is 20.3 Å². The van der Waals surface area contributed by atoms with Crippen LogP contribution in [0, 0.1) is 5.92 Å². The second kappa shape index (κ2) is 11.5.